The van der Waals surface area contributed by atoms with Crippen LogP contribution < -0.4 is 11.5 Å². The molecule has 0 radical (unpaired) electrons. The number of carbonyl (C=O) groups excluding carboxylic acids is 2. The third-order valence-electron chi connectivity index (χ3n) is 1.26. The molecule has 0 atom stereocenters. The highest BCUT2D eigenvalue weighted by Crippen LogP contribution is 1.88. The summed E-state index contributed by atoms with van der Waals surface area (Å²) in [4.78, 5) is 21.8. The Balaban J connectivity index is 3.69. The predicted molar refractivity (Wildman–Crippen MR) is 57.8 cm³/mol. The zero-order valence-electron chi connectivity index (χ0n) is 9.36. The van der Waals surface area contributed by atoms with Crippen LogP contribution in [0.25, 0.3) is 0 Å². The highest BCUT2D eigenvalue weighted by Gasteiger charge is 2.00. The number of carbonyl (C=O) groups is 2. The van der Waals surface area contributed by atoms with Crippen molar-refractivity contribution in [3.05, 3.63) is 23.5 Å². The van der Waals surface area contributed by atoms with Crippen LogP contribution in [0.4, 0.5) is 0 Å². The summed E-state index contributed by atoms with van der Waals surface area (Å²) in [5.41, 5.74) is 11.2. The van der Waals surface area contributed by atoms with E-state index in [1.54, 1.807) is 13.8 Å². The van der Waals surface area contributed by atoms with Crippen LogP contribution in [0.5, 0.6) is 0 Å². The summed E-state index contributed by atoms with van der Waals surface area (Å²) < 4.78 is 9.37. The molecule has 0 bridgehead atoms. The molecule has 90 valence electrons. The molecule has 4 N–H and O–H groups in total. The molecule has 0 saturated heterocycles. The first-order valence-corrected chi connectivity index (χ1v) is 4.63. The molecular formula is C10H16N2O4. The summed E-state index contributed by atoms with van der Waals surface area (Å²) in [6.07, 6.45) is 2.29. The van der Waals surface area contributed by atoms with Crippen LogP contribution in [0.3, 0.4) is 0 Å². The van der Waals surface area contributed by atoms with Crippen LogP contribution in [0, 0.1) is 0 Å². The number of allylic oxidation sites excluding steroid dienone is 2. The van der Waals surface area contributed by atoms with Gasteiger partial charge in [-0.1, -0.05) is 0 Å². The number of rotatable bonds is 5. The van der Waals surface area contributed by atoms with Crippen molar-refractivity contribution < 1.29 is 19.1 Å². The molecule has 16 heavy (non-hydrogen) atoms. The maximum absolute atomic E-state index is 10.9. The molecule has 0 spiro atoms. The Morgan fingerprint density at radius 2 is 1.25 bits per heavy atom. The Kier molecular flexibility index (Phi) is 6.42. The number of hydrogen-bond acceptors (Lipinski definition) is 6. The fourth-order valence-electron chi connectivity index (χ4n) is 0.740. The van der Waals surface area contributed by atoms with Gasteiger partial charge in [-0.15, -0.1) is 0 Å². The second kappa shape index (κ2) is 7.33. The second-order valence-corrected chi connectivity index (χ2v) is 3.11. The van der Waals surface area contributed by atoms with Crippen molar-refractivity contribution in [2.24, 2.45) is 11.5 Å². The molecular weight excluding hydrogens is 212 g/mol. The molecule has 0 unspecified atom stereocenters. The number of esters is 2. The van der Waals surface area contributed by atoms with E-state index in [0.717, 1.165) is 12.2 Å². The van der Waals surface area contributed by atoms with E-state index < -0.39 is 11.9 Å². The Morgan fingerprint density at radius 1 is 0.938 bits per heavy atom. The average molecular weight is 228 g/mol. The molecule has 0 saturated carbocycles. The zero-order chi connectivity index (χ0) is 12.6. The van der Waals surface area contributed by atoms with E-state index in [4.69, 9.17) is 11.5 Å². The highest BCUT2D eigenvalue weighted by atomic mass is 16.6. The summed E-state index contributed by atoms with van der Waals surface area (Å²) in [6, 6.07) is 0. The minimum atomic E-state index is -0.568. The van der Waals surface area contributed by atoms with E-state index in [0.29, 0.717) is 11.4 Å². The van der Waals surface area contributed by atoms with Gasteiger partial charge in [0.05, 0.1) is 0 Å². The Hall–Kier alpha value is -1.98. The van der Waals surface area contributed by atoms with Gasteiger partial charge in [0.2, 0.25) is 0 Å². The van der Waals surface area contributed by atoms with Gasteiger partial charge in [-0.2, -0.15) is 0 Å². The quantitative estimate of drug-likeness (QED) is 0.383. The lowest BCUT2D eigenvalue weighted by Gasteiger charge is -2.03. The van der Waals surface area contributed by atoms with Crippen molar-refractivity contribution in [1.82, 2.24) is 0 Å². The van der Waals surface area contributed by atoms with E-state index in [-0.39, 0.29) is 13.2 Å². The maximum atomic E-state index is 10.9. The van der Waals surface area contributed by atoms with E-state index in [9.17, 15) is 9.59 Å². The summed E-state index contributed by atoms with van der Waals surface area (Å²) >= 11 is 0. The van der Waals surface area contributed by atoms with Gasteiger partial charge in [-0.25, -0.2) is 9.59 Å². The van der Waals surface area contributed by atoms with E-state index >= 15 is 0 Å². The Bertz CT molecular complexity index is 281. The minimum Gasteiger partial charge on any atom is -0.459 e. The molecule has 0 amide bonds. The lowest BCUT2D eigenvalue weighted by molar-refractivity contribution is -0.146. The van der Waals surface area contributed by atoms with Crippen LogP contribution >= 0.6 is 0 Å². The van der Waals surface area contributed by atoms with Crippen molar-refractivity contribution in [3.63, 3.8) is 0 Å². The first-order valence-electron chi connectivity index (χ1n) is 4.63. The third kappa shape index (κ3) is 8.61. The van der Waals surface area contributed by atoms with Gasteiger partial charge in [-0.05, 0) is 13.8 Å². The van der Waals surface area contributed by atoms with Gasteiger partial charge in [0.1, 0.15) is 13.2 Å². The van der Waals surface area contributed by atoms with E-state index in [2.05, 4.69) is 9.47 Å². The first kappa shape index (κ1) is 14.0. The van der Waals surface area contributed by atoms with E-state index in [1.807, 2.05) is 0 Å². The molecule has 0 rings (SSSR count). The van der Waals surface area contributed by atoms with Crippen molar-refractivity contribution >= 4 is 11.9 Å². The predicted octanol–water partition coefficient (Wildman–Crippen LogP) is -0.202. The molecule has 0 aliphatic heterocycles. The molecule has 0 aromatic rings. The fraction of sp³-hybridized carbons (Fsp3) is 0.400. The largest absolute Gasteiger partial charge is 0.459 e. The standard InChI is InChI=1S/C10H16N2O4/c1-7(11)5-9(13)15-3-4-16-10(14)6-8(2)12/h5-6H,3-4,11-12H2,1-2H3/b7-5-,8-6-. The monoisotopic (exact) mass is 228 g/mol. The molecule has 0 aromatic carbocycles. The Labute approximate surface area is 93.9 Å². The van der Waals surface area contributed by atoms with Crippen LogP contribution in [-0.4, -0.2) is 25.2 Å². The topological polar surface area (TPSA) is 105 Å². The lowest BCUT2D eigenvalue weighted by Crippen LogP contribution is -2.13. The maximum Gasteiger partial charge on any atom is 0.332 e. The number of nitrogens with two attached hydrogens (primary N) is 2. The smallest absolute Gasteiger partial charge is 0.332 e. The van der Waals surface area contributed by atoms with Crippen molar-refractivity contribution in [2.45, 2.75) is 13.8 Å². The van der Waals surface area contributed by atoms with Crippen LogP contribution in [0.1, 0.15) is 13.8 Å². The van der Waals surface area contributed by atoms with Gasteiger partial charge in [0.15, 0.2) is 0 Å². The van der Waals surface area contributed by atoms with Crippen LogP contribution in [-0.2, 0) is 19.1 Å². The zero-order valence-corrected chi connectivity index (χ0v) is 9.36. The van der Waals surface area contributed by atoms with Gasteiger partial charge < -0.3 is 20.9 Å². The average Bonchev–Trinajstić information content (AvgIpc) is 2.10. The van der Waals surface area contributed by atoms with Crippen molar-refractivity contribution in [2.75, 3.05) is 13.2 Å². The molecule has 0 fully saturated rings. The van der Waals surface area contributed by atoms with Crippen LogP contribution in [0.2, 0.25) is 0 Å². The Morgan fingerprint density at radius 3 is 1.50 bits per heavy atom. The van der Waals surface area contributed by atoms with Gasteiger partial charge in [0, 0.05) is 23.5 Å². The molecule has 6 heteroatoms. The molecule has 6 nitrogen and oxygen atoms in total. The molecule has 0 heterocycles. The third-order valence-corrected chi connectivity index (χ3v) is 1.26. The number of ether oxygens (including phenoxy) is 2. The summed E-state index contributed by atoms with van der Waals surface area (Å²) in [7, 11) is 0. The minimum absolute atomic E-state index is 0.0220. The summed E-state index contributed by atoms with van der Waals surface area (Å²) in [6.45, 7) is 3.09. The first-order chi connectivity index (χ1) is 7.41. The molecule has 0 aromatic heterocycles. The normalized spacial score (nSPS) is 12.1. The lowest BCUT2D eigenvalue weighted by atomic mass is 10.4. The molecule has 0 aliphatic carbocycles. The van der Waals surface area contributed by atoms with Crippen molar-refractivity contribution in [3.8, 4) is 0 Å². The van der Waals surface area contributed by atoms with Crippen molar-refractivity contribution in [1.29, 1.82) is 0 Å². The highest BCUT2D eigenvalue weighted by molar-refractivity contribution is 5.83. The summed E-state index contributed by atoms with van der Waals surface area (Å²) in [5.74, 6) is -1.14. The van der Waals surface area contributed by atoms with Gasteiger partial charge in [0.25, 0.3) is 0 Å². The fourth-order valence-corrected chi connectivity index (χ4v) is 0.740. The SMILES string of the molecule is C/C(N)=C/C(=O)OCCOC(=O)/C=C(/C)N. The van der Waals surface area contributed by atoms with Crippen LogP contribution in [0.15, 0.2) is 23.5 Å². The summed E-state index contributed by atoms with van der Waals surface area (Å²) in [5, 5.41) is 0. The van der Waals surface area contributed by atoms with E-state index in [1.165, 1.54) is 0 Å². The van der Waals surface area contributed by atoms with Gasteiger partial charge in [-0.3, -0.25) is 0 Å². The molecule has 0 aliphatic rings. The number of hydrogen-bond donors (Lipinski definition) is 2. The van der Waals surface area contributed by atoms with Gasteiger partial charge >= 0.3 is 11.9 Å². The second-order valence-electron chi connectivity index (χ2n) is 3.11.